The van der Waals surface area contributed by atoms with E-state index in [4.69, 9.17) is 4.74 Å². The zero-order chi connectivity index (χ0) is 22.6. The Balaban J connectivity index is 1.48. The van der Waals surface area contributed by atoms with Gasteiger partial charge in [0.05, 0.1) is 10.5 Å². The second-order valence-corrected chi connectivity index (χ2v) is 9.94. The number of hydrogen-bond acceptors (Lipinski definition) is 4. The van der Waals surface area contributed by atoms with Crippen LogP contribution < -0.4 is 10.1 Å². The predicted octanol–water partition coefficient (Wildman–Crippen LogP) is 5.15. The zero-order valence-corrected chi connectivity index (χ0v) is 18.7. The van der Waals surface area contributed by atoms with Crippen molar-refractivity contribution in [2.75, 3.05) is 18.4 Å². The number of para-hydroxylation sites is 2. The van der Waals surface area contributed by atoms with Crippen molar-refractivity contribution in [2.24, 2.45) is 5.92 Å². The first-order valence-corrected chi connectivity index (χ1v) is 12.1. The Morgan fingerprint density at radius 1 is 0.969 bits per heavy atom. The van der Waals surface area contributed by atoms with E-state index in [0.29, 0.717) is 41.8 Å². The number of rotatable bonds is 6. The lowest BCUT2D eigenvalue weighted by Crippen LogP contribution is -2.39. The van der Waals surface area contributed by atoms with E-state index in [1.807, 2.05) is 30.3 Å². The van der Waals surface area contributed by atoms with Crippen molar-refractivity contribution in [1.82, 2.24) is 4.31 Å². The summed E-state index contributed by atoms with van der Waals surface area (Å²) in [6.07, 6.45) is 1.92. The molecule has 4 rings (SSSR count). The molecule has 1 heterocycles. The number of benzene rings is 3. The molecular formula is C25H26N2O4S. The third-order valence-corrected chi connectivity index (χ3v) is 7.35. The van der Waals surface area contributed by atoms with Gasteiger partial charge in [0.25, 0.3) is 5.91 Å². The lowest BCUT2D eigenvalue weighted by Gasteiger charge is -2.30. The number of sulfonamides is 1. The van der Waals surface area contributed by atoms with Crippen LogP contribution in [0.25, 0.3) is 0 Å². The Morgan fingerprint density at radius 3 is 2.38 bits per heavy atom. The van der Waals surface area contributed by atoms with Crippen LogP contribution in [-0.2, 0) is 10.0 Å². The van der Waals surface area contributed by atoms with Crippen LogP contribution in [0.15, 0.2) is 83.8 Å². The SMILES string of the molecule is CC1CCCN(S(=O)(=O)c2ccc(NC(=O)c3ccccc3Oc3ccccc3)cc2)C1. The molecule has 0 radical (unpaired) electrons. The highest BCUT2D eigenvalue weighted by Crippen LogP contribution is 2.27. The molecule has 7 heteroatoms. The fourth-order valence-electron chi connectivity index (χ4n) is 3.78. The van der Waals surface area contributed by atoms with E-state index in [-0.39, 0.29) is 10.8 Å². The molecule has 166 valence electrons. The Labute approximate surface area is 188 Å². The van der Waals surface area contributed by atoms with Crippen LogP contribution in [0.4, 0.5) is 5.69 Å². The van der Waals surface area contributed by atoms with Gasteiger partial charge in [-0.2, -0.15) is 4.31 Å². The number of carbonyl (C=O) groups is 1. The predicted molar refractivity (Wildman–Crippen MR) is 125 cm³/mol. The van der Waals surface area contributed by atoms with E-state index >= 15 is 0 Å². The maximum atomic E-state index is 12.9. The van der Waals surface area contributed by atoms with Crippen molar-refractivity contribution in [1.29, 1.82) is 0 Å². The Hall–Kier alpha value is -3.16. The van der Waals surface area contributed by atoms with Gasteiger partial charge >= 0.3 is 0 Å². The summed E-state index contributed by atoms with van der Waals surface area (Å²) in [6.45, 7) is 3.15. The van der Waals surface area contributed by atoms with Gasteiger partial charge in [-0.25, -0.2) is 8.42 Å². The van der Waals surface area contributed by atoms with Crippen molar-refractivity contribution >= 4 is 21.6 Å². The number of ether oxygens (including phenoxy) is 1. The number of amides is 1. The van der Waals surface area contributed by atoms with Gasteiger partial charge < -0.3 is 10.1 Å². The molecule has 1 N–H and O–H groups in total. The molecule has 0 aromatic heterocycles. The summed E-state index contributed by atoms with van der Waals surface area (Å²) in [6, 6.07) is 22.5. The summed E-state index contributed by atoms with van der Waals surface area (Å²) in [5.41, 5.74) is 0.894. The summed E-state index contributed by atoms with van der Waals surface area (Å²) in [4.78, 5) is 13.1. The Kier molecular flexibility index (Phi) is 6.58. The smallest absolute Gasteiger partial charge is 0.259 e. The molecule has 32 heavy (non-hydrogen) atoms. The average molecular weight is 451 g/mol. The van der Waals surface area contributed by atoms with Crippen molar-refractivity contribution < 1.29 is 17.9 Å². The highest BCUT2D eigenvalue weighted by molar-refractivity contribution is 7.89. The molecule has 3 aromatic carbocycles. The number of nitrogens with one attached hydrogen (secondary N) is 1. The zero-order valence-electron chi connectivity index (χ0n) is 17.9. The third kappa shape index (κ3) is 5.00. The van der Waals surface area contributed by atoms with Crippen LogP contribution in [0.2, 0.25) is 0 Å². The highest BCUT2D eigenvalue weighted by atomic mass is 32.2. The maximum absolute atomic E-state index is 12.9. The molecule has 1 fully saturated rings. The molecule has 0 bridgehead atoms. The molecule has 3 aromatic rings. The molecule has 6 nitrogen and oxygen atoms in total. The minimum atomic E-state index is -3.53. The first kappa shape index (κ1) is 22.0. The molecular weight excluding hydrogens is 424 g/mol. The molecule has 0 spiro atoms. The second kappa shape index (κ2) is 9.54. The number of piperidine rings is 1. The summed E-state index contributed by atoms with van der Waals surface area (Å²) in [7, 11) is -3.53. The third-order valence-electron chi connectivity index (χ3n) is 5.47. The largest absolute Gasteiger partial charge is 0.457 e. The monoisotopic (exact) mass is 450 g/mol. The van der Waals surface area contributed by atoms with E-state index in [1.165, 1.54) is 12.1 Å². The number of carbonyl (C=O) groups excluding carboxylic acids is 1. The van der Waals surface area contributed by atoms with Crippen LogP contribution >= 0.6 is 0 Å². The van der Waals surface area contributed by atoms with Crippen LogP contribution in [0, 0.1) is 5.92 Å². The van der Waals surface area contributed by atoms with Gasteiger partial charge in [-0.3, -0.25) is 4.79 Å². The second-order valence-electron chi connectivity index (χ2n) is 8.00. The van der Waals surface area contributed by atoms with Crippen LogP contribution in [0.5, 0.6) is 11.5 Å². The molecule has 1 aliphatic heterocycles. The minimum absolute atomic E-state index is 0.234. The van der Waals surface area contributed by atoms with E-state index in [0.717, 1.165) is 12.8 Å². The summed E-state index contributed by atoms with van der Waals surface area (Å²) >= 11 is 0. The van der Waals surface area contributed by atoms with Gasteiger partial charge in [0, 0.05) is 18.8 Å². The highest BCUT2D eigenvalue weighted by Gasteiger charge is 2.28. The van der Waals surface area contributed by atoms with E-state index in [1.54, 1.807) is 40.7 Å². The van der Waals surface area contributed by atoms with Crippen molar-refractivity contribution in [3.8, 4) is 11.5 Å². The summed E-state index contributed by atoms with van der Waals surface area (Å²) in [5, 5.41) is 2.82. The van der Waals surface area contributed by atoms with Gasteiger partial charge in [0.1, 0.15) is 11.5 Å². The lowest BCUT2D eigenvalue weighted by atomic mass is 10.0. The van der Waals surface area contributed by atoms with Crippen molar-refractivity contribution in [3.63, 3.8) is 0 Å². The summed E-state index contributed by atoms with van der Waals surface area (Å²) in [5.74, 6) is 1.09. The van der Waals surface area contributed by atoms with Gasteiger partial charge in [-0.05, 0) is 67.3 Å². The van der Waals surface area contributed by atoms with Crippen molar-refractivity contribution in [3.05, 3.63) is 84.4 Å². The number of hydrogen-bond donors (Lipinski definition) is 1. The average Bonchev–Trinajstić information content (AvgIpc) is 2.80. The quantitative estimate of drug-likeness (QED) is 0.563. The fraction of sp³-hybridized carbons (Fsp3) is 0.240. The normalized spacial score (nSPS) is 17.0. The molecule has 1 unspecified atom stereocenters. The molecule has 0 aliphatic carbocycles. The van der Waals surface area contributed by atoms with Crippen LogP contribution in [-0.4, -0.2) is 31.7 Å². The topological polar surface area (TPSA) is 75.7 Å². The minimum Gasteiger partial charge on any atom is -0.457 e. The van der Waals surface area contributed by atoms with Crippen LogP contribution in [0.1, 0.15) is 30.1 Å². The summed E-state index contributed by atoms with van der Waals surface area (Å²) < 4.78 is 33.3. The Morgan fingerprint density at radius 2 is 1.66 bits per heavy atom. The number of nitrogens with zero attached hydrogens (tertiary/aromatic N) is 1. The Bertz CT molecular complexity index is 1180. The van der Waals surface area contributed by atoms with E-state index in [2.05, 4.69) is 12.2 Å². The fourth-order valence-corrected chi connectivity index (χ4v) is 5.38. The molecule has 0 saturated carbocycles. The molecule has 1 amide bonds. The van der Waals surface area contributed by atoms with Gasteiger partial charge in [-0.1, -0.05) is 37.3 Å². The van der Waals surface area contributed by atoms with Crippen LogP contribution in [0.3, 0.4) is 0 Å². The van der Waals surface area contributed by atoms with Gasteiger partial charge in [-0.15, -0.1) is 0 Å². The van der Waals surface area contributed by atoms with E-state index < -0.39 is 10.0 Å². The molecule has 1 aliphatic rings. The first-order chi connectivity index (χ1) is 15.4. The lowest BCUT2D eigenvalue weighted by molar-refractivity contribution is 0.102. The molecule has 1 saturated heterocycles. The van der Waals surface area contributed by atoms with Gasteiger partial charge in [0.2, 0.25) is 10.0 Å². The maximum Gasteiger partial charge on any atom is 0.259 e. The van der Waals surface area contributed by atoms with Gasteiger partial charge in [0.15, 0.2) is 0 Å². The standard InChI is InChI=1S/C25H26N2O4S/c1-19-8-7-17-27(18-19)32(29,30)22-15-13-20(14-16-22)26-25(28)23-11-5-6-12-24(23)31-21-9-3-2-4-10-21/h2-6,9-16,19H,7-8,17-18H2,1H3,(H,26,28). The van der Waals surface area contributed by atoms with Crippen molar-refractivity contribution in [2.45, 2.75) is 24.7 Å². The first-order valence-electron chi connectivity index (χ1n) is 10.7. The van der Waals surface area contributed by atoms with E-state index in [9.17, 15) is 13.2 Å². The number of anilines is 1. The molecule has 1 atom stereocenters.